The molecule has 1 atom stereocenters. The van der Waals surface area contributed by atoms with Gasteiger partial charge in [-0.2, -0.15) is 0 Å². The van der Waals surface area contributed by atoms with Crippen molar-refractivity contribution in [3.05, 3.63) is 56.5 Å². The van der Waals surface area contributed by atoms with Gasteiger partial charge in [0.15, 0.2) is 0 Å². The van der Waals surface area contributed by atoms with Crippen LogP contribution in [0.4, 0.5) is 4.39 Å². The molecule has 114 valence electrons. The van der Waals surface area contributed by atoms with Crippen LogP contribution in [0.2, 0.25) is 0 Å². The van der Waals surface area contributed by atoms with Crippen LogP contribution < -0.4 is 5.32 Å². The molecule has 2 aromatic rings. The van der Waals surface area contributed by atoms with Gasteiger partial charge >= 0.3 is 0 Å². The SMILES string of the molecule is CCCNC(c1cc(C)c(F)c(C)c1)c1ccc(CC)s1. The summed E-state index contributed by atoms with van der Waals surface area (Å²) in [7, 11) is 0. The average molecular weight is 305 g/mol. The Kier molecular flexibility index (Phi) is 5.54. The van der Waals surface area contributed by atoms with Gasteiger partial charge < -0.3 is 5.32 Å². The van der Waals surface area contributed by atoms with Crippen LogP contribution in [-0.4, -0.2) is 6.54 Å². The van der Waals surface area contributed by atoms with E-state index in [1.54, 1.807) is 0 Å². The molecule has 0 saturated heterocycles. The highest BCUT2D eigenvalue weighted by molar-refractivity contribution is 7.12. The molecule has 3 heteroatoms. The molecule has 1 aromatic heterocycles. The van der Waals surface area contributed by atoms with Crippen molar-refractivity contribution in [2.75, 3.05) is 6.54 Å². The maximum absolute atomic E-state index is 13.9. The molecule has 0 fully saturated rings. The van der Waals surface area contributed by atoms with E-state index in [-0.39, 0.29) is 11.9 Å². The zero-order chi connectivity index (χ0) is 15.4. The topological polar surface area (TPSA) is 12.0 Å². The van der Waals surface area contributed by atoms with Crippen molar-refractivity contribution < 1.29 is 4.39 Å². The second-order valence-corrected chi connectivity index (χ2v) is 6.71. The van der Waals surface area contributed by atoms with E-state index < -0.39 is 0 Å². The summed E-state index contributed by atoms with van der Waals surface area (Å²) in [5.74, 6) is -0.0894. The lowest BCUT2D eigenvalue weighted by atomic mass is 9.99. The van der Waals surface area contributed by atoms with Crippen LogP contribution in [0.3, 0.4) is 0 Å². The van der Waals surface area contributed by atoms with Gasteiger partial charge in [-0.25, -0.2) is 4.39 Å². The Hall–Kier alpha value is -1.19. The lowest BCUT2D eigenvalue weighted by Crippen LogP contribution is -2.22. The molecule has 0 amide bonds. The van der Waals surface area contributed by atoms with E-state index in [2.05, 4.69) is 31.3 Å². The van der Waals surface area contributed by atoms with E-state index in [4.69, 9.17) is 0 Å². The number of nitrogens with one attached hydrogen (secondary N) is 1. The van der Waals surface area contributed by atoms with Crippen molar-refractivity contribution in [2.24, 2.45) is 0 Å². The molecule has 2 rings (SSSR count). The van der Waals surface area contributed by atoms with Crippen LogP contribution in [0.5, 0.6) is 0 Å². The number of rotatable bonds is 6. The normalized spacial score (nSPS) is 12.6. The van der Waals surface area contributed by atoms with Crippen molar-refractivity contribution in [1.29, 1.82) is 0 Å². The Morgan fingerprint density at radius 3 is 2.33 bits per heavy atom. The Balaban J connectivity index is 2.39. The van der Waals surface area contributed by atoms with Gasteiger partial charge in [-0.15, -0.1) is 11.3 Å². The maximum Gasteiger partial charge on any atom is 0.129 e. The van der Waals surface area contributed by atoms with Gasteiger partial charge in [0.25, 0.3) is 0 Å². The molecular formula is C18H24FNS. The number of aryl methyl sites for hydroxylation is 3. The van der Waals surface area contributed by atoms with Gasteiger partial charge in [-0.1, -0.05) is 26.0 Å². The van der Waals surface area contributed by atoms with Crippen LogP contribution in [0.1, 0.15) is 52.8 Å². The summed E-state index contributed by atoms with van der Waals surface area (Å²) >= 11 is 1.85. The lowest BCUT2D eigenvalue weighted by Gasteiger charge is -2.19. The van der Waals surface area contributed by atoms with E-state index in [1.165, 1.54) is 9.75 Å². The Morgan fingerprint density at radius 1 is 1.14 bits per heavy atom. The summed E-state index contributed by atoms with van der Waals surface area (Å²) < 4.78 is 13.9. The minimum absolute atomic E-state index is 0.0894. The fourth-order valence-electron chi connectivity index (χ4n) is 2.56. The first kappa shape index (κ1) is 16.2. The molecule has 0 radical (unpaired) electrons. The average Bonchev–Trinajstić information content (AvgIpc) is 2.94. The third-order valence-electron chi connectivity index (χ3n) is 3.71. The first-order valence-electron chi connectivity index (χ1n) is 7.65. The molecule has 1 unspecified atom stereocenters. The third kappa shape index (κ3) is 3.72. The minimum atomic E-state index is -0.0894. The minimum Gasteiger partial charge on any atom is -0.306 e. The quantitative estimate of drug-likeness (QED) is 0.777. The number of halogens is 1. The maximum atomic E-state index is 13.9. The molecule has 1 heterocycles. The number of benzene rings is 1. The van der Waals surface area contributed by atoms with Crippen molar-refractivity contribution >= 4 is 11.3 Å². The molecule has 0 aliphatic heterocycles. The molecule has 0 spiro atoms. The highest BCUT2D eigenvalue weighted by Gasteiger charge is 2.17. The Morgan fingerprint density at radius 2 is 1.81 bits per heavy atom. The van der Waals surface area contributed by atoms with Crippen molar-refractivity contribution in [1.82, 2.24) is 5.32 Å². The summed E-state index contributed by atoms with van der Waals surface area (Å²) in [6.45, 7) is 8.98. The molecule has 1 nitrogen and oxygen atoms in total. The van der Waals surface area contributed by atoms with E-state index in [1.807, 2.05) is 37.3 Å². The Labute approximate surface area is 131 Å². The van der Waals surface area contributed by atoms with E-state index >= 15 is 0 Å². The third-order valence-corrected chi connectivity index (χ3v) is 5.00. The lowest BCUT2D eigenvalue weighted by molar-refractivity contribution is 0.590. The van der Waals surface area contributed by atoms with Gasteiger partial charge in [-0.3, -0.25) is 0 Å². The largest absolute Gasteiger partial charge is 0.306 e. The van der Waals surface area contributed by atoms with Crippen molar-refractivity contribution in [3.8, 4) is 0 Å². The van der Waals surface area contributed by atoms with E-state index in [0.29, 0.717) is 0 Å². The van der Waals surface area contributed by atoms with Gasteiger partial charge in [-0.05, 0) is 62.1 Å². The van der Waals surface area contributed by atoms with Crippen LogP contribution in [0.15, 0.2) is 24.3 Å². The number of hydrogen-bond donors (Lipinski definition) is 1. The van der Waals surface area contributed by atoms with E-state index in [0.717, 1.165) is 36.1 Å². The standard InChI is InChI=1S/C18H24FNS/c1-5-9-20-18(16-8-7-15(6-2)21-16)14-10-12(3)17(19)13(4)11-14/h7-8,10-11,18,20H,5-6,9H2,1-4H3. The highest BCUT2D eigenvalue weighted by atomic mass is 32.1. The summed E-state index contributed by atoms with van der Waals surface area (Å²) in [5.41, 5.74) is 2.60. The zero-order valence-corrected chi connectivity index (χ0v) is 14.1. The number of thiophene rings is 1. The number of hydrogen-bond acceptors (Lipinski definition) is 2. The molecule has 21 heavy (non-hydrogen) atoms. The smallest absolute Gasteiger partial charge is 0.129 e. The van der Waals surface area contributed by atoms with Gasteiger partial charge in [0.1, 0.15) is 5.82 Å². The predicted molar refractivity (Wildman–Crippen MR) is 89.7 cm³/mol. The van der Waals surface area contributed by atoms with Crippen molar-refractivity contribution in [2.45, 2.75) is 46.6 Å². The second-order valence-electron chi connectivity index (χ2n) is 5.51. The van der Waals surface area contributed by atoms with Crippen molar-refractivity contribution in [3.63, 3.8) is 0 Å². The highest BCUT2D eigenvalue weighted by Crippen LogP contribution is 2.30. The summed E-state index contributed by atoms with van der Waals surface area (Å²) in [6.07, 6.45) is 2.15. The fraction of sp³-hybridized carbons (Fsp3) is 0.444. The molecule has 0 aliphatic carbocycles. The summed E-state index contributed by atoms with van der Waals surface area (Å²) in [4.78, 5) is 2.70. The van der Waals surface area contributed by atoms with E-state index in [9.17, 15) is 4.39 Å². The molecule has 0 aliphatic rings. The van der Waals surface area contributed by atoms with Gasteiger partial charge in [0.2, 0.25) is 0 Å². The predicted octanol–water partition coefficient (Wildman–Crippen LogP) is 5.16. The Bertz CT molecular complexity index is 580. The second kappa shape index (κ2) is 7.19. The van der Waals surface area contributed by atoms with Gasteiger partial charge in [0.05, 0.1) is 6.04 Å². The zero-order valence-electron chi connectivity index (χ0n) is 13.3. The molecule has 1 N–H and O–H groups in total. The fourth-order valence-corrected chi connectivity index (χ4v) is 3.61. The van der Waals surface area contributed by atoms with Crippen LogP contribution in [0.25, 0.3) is 0 Å². The molecular weight excluding hydrogens is 281 g/mol. The van der Waals surface area contributed by atoms with Gasteiger partial charge in [0, 0.05) is 9.75 Å². The first-order chi connectivity index (χ1) is 10.1. The summed E-state index contributed by atoms with van der Waals surface area (Å²) in [5, 5.41) is 3.60. The van der Waals surface area contributed by atoms with Crippen LogP contribution in [-0.2, 0) is 6.42 Å². The van der Waals surface area contributed by atoms with Crippen LogP contribution >= 0.6 is 11.3 Å². The van der Waals surface area contributed by atoms with Crippen LogP contribution in [0, 0.1) is 19.7 Å². The molecule has 1 aromatic carbocycles. The summed E-state index contributed by atoms with van der Waals surface area (Å²) in [6, 6.07) is 8.50. The molecule has 0 bridgehead atoms. The first-order valence-corrected chi connectivity index (χ1v) is 8.47. The molecule has 0 saturated carbocycles. The monoisotopic (exact) mass is 305 g/mol.